The molecule has 0 radical (unpaired) electrons. The Bertz CT molecular complexity index is 751. The molecule has 1 saturated heterocycles. The molecule has 3 N–H and O–H groups in total. The van der Waals surface area contributed by atoms with Gasteiger partial charge in [-0.2, -0.15) is 0 Å². The standard InChI is InChI=1S/C17H28N6O2Si/c1-26(2,3)9-8-25-12-23-7-5-14-16(23)19-11-15(21-14)22-17(24)20-13-4-6-18-10-13/h5,7,11,13,18H,4,6,8-10,12H2,1-3H3,(H2,20,21,22,24)/t13-/m0/s1. The van der Waals surface area contributed by atoms with E-state index in [2.05, 4.69) is 45.6 Å². The second-order valence-corrected chi connectivity index (χ2v) is 13.5. The molecule has 3 rings (SSSR count). The summed E-state index contributed by atoms with van der Waals surface area (Å²) in [4.78, 5) is 20.9. The van der Waals surface area contributed by atoms with Gasteiger partial charge in [0, 0.05) is 33.5 Å². The molecule has 0 bridgehead atoms. The van der Waals surface area contributed by atoms with Crippen molar-refractivity contribution in [3.8, 4) is 0 Å². The van der Waals surface area contributed by atoms with Gasteiger partial charge < -0.3 is 19.9 Å². The molecular formula is C17H28N6O2Si. The van der Waals surface area contributed by atoms with Crippen molar-refractivity contribution in [2.75, 3.05) is 25.0 Å². The van der Waals surface area contributed by atoms with E-state index in [0.29, 0.717) is 12.5 Å². The average Bonchev–Trinajstić information content (AvgIpc) is 3.20. The van der Waals surface area contributed by atoms with Gasteiger partial charge in [0.05, 0.1) is 6.20 Å². The Morgan fingerprint density at radius 3 is 3.04 bits per heavy atom. The first-order chi connectivity index (χ1) is 12.4. The number of hydrogen-bond donors (Lipinski definition) is 3. The number of rotatable bonds is 7. The Balaban J connectivity index is 1.55. The van der Waals surface area contributed by atoms with Crippen molar-refractivity contribution in [3.05, 3.63) is 18.5 Å². The number of nitrogens with zero attached hydrogens (tertiary/aromatic N) is 3. The van der Waals surface area contributed by atoms with Crippen molar-refractivity contribution in [1.29, 1.82) is 0 Å². The normalized spacial score (nSPS) is 17.6. The summed E-state index contributed by atoms with van der Waals surface area (Å²) in [5.41, 5.74) is 1.49. The highest BCUT2D eigenvalue weighted by molar-refractivity contribution is 6.76. The first kappa shape index (κ1) is 18.8. The van der Waals surface area contributed by atoms with Gasteiger partial charge in [-0.15, -0.1) is 0 Å². The largest absolute Gasteiger partial charge is 0.361 e. The van der Waals surface area contributed by atoms with Gasteiger partial charge in [0.25, 0.3) is 0 Å². The summed E-state index contributed by atoms with van der Waals surface area (Å²) < 4.78 is 7.71. The zero-order valence-corrected chi connectivity index (χ0v) is 16.7. The van der Waals surface area contributed by atoms with Crippen LogP contribution in [0.2, 0.25) is 25.7 Å². The minimum absolute atomic E-state index is 0.168. The molecule has 2 amide bonds. The van der Waals surface area contributed by atoms with E-state index in [1.54, 1.807) is 6.20 Å². The highest BCUT2D eigenvalue weighted by Gasteiger charge is 2.17. The van der Waals surface area contributed by atoms with E-state index in [0.717, 1.165) is 43.3 Å². The molecule has 142 valence electrons. The molecule has 3 heterocycles. The summed E-state index contributed by atoms with van der Waals surface area (Å²) in [6.45, 7) is 9.97. The molecule has 8 nitrogen and oxygen atoms in total. The van der Waals surface area contributed by atoms with Gasteiger partial charge >= 0.3 is 6.03 Å². The summed E-state index contributed by atoms with van der Waals surface area (Å²) in [5, 5.41) is 8.89. The first-order valence-corrected chi connectivity index (χ1v) is 12.8. The molecule has 2 aromatic heterocycles. The van der Waals surface area contributed by atoms with Crippen molar-refractivity contribution < 1.29 is 9.53 Å². The quantitative estimate of drug-likeness (QED) is 0.509. The molecule has 1 aliphatic rings. The van der Waals surface area contributed by atoms with Crippen LogP contribution in [0.1, 0.15) is 6.42 Å². The Hall–Kier alpha value is -1.97. The molecule has 0 saturated carbocycles. The second kappa shape index (κ2) is 8.15. The lowest BCUT2D eigenvalue weighted by Crippen LogP contribution is -2.39. The van der Waals surface area contributed by atoms with Crippen LogP contribution < -0.4 is 16.0 Å². The van der Waals surface area contributed by atoms with E-state index in [1.807, 2.05) is 16.8 Å². The number of nitrogens with one attached hydrogen (secondary N) is 3. The number of ether oxygens (including phenoxy) is 1. The van der Waals surface area contributed by atoms with E-state index >= 15 is 0 Å². The summed E-state index contributed by atoms with van der Waals surface area (Å²) in [6.07, 6.45) is 4.43. The van der Waals surface area contributed by atoms with Crippen LogP contribution >= 0.6 is 0 Å². The van der Waals surface area contributed by atoms with E-state index in [-0.39, 0.29) is 12.1 Å². The lowest BCUT2D eigenvalue weighted by Gasteiger charge is -2.15. The van der Waals surface area contributed by atoms with Crippen molar-refractivity contribution in [2.24, 2.45) is 0 Å². The molecule has 1 atom stereocenters. The van der Waals surface area contributed by atoms with E-state index in [9.17, 15) is 4.79 Å². The first-order valence-electron chi connectivity index (χ1n) is 9.09. The number of urea groups is 1. The lowest BCUT2D eigenvalue weighted by atomic mass is 10.3. The minimum Gasteiger partial charge on any atom is -0.361 e. The fourth-order valence-corrected chi connectivity index (χ4v) is 3.54. The third-order valence-corrected chi connectivity index (χ3v) is 6.03. The van der Waals surface area contributed by atoms with Crippen LogP contribution in [0.4, 0.5) is 10.6 Å². The Morgan fingerprint density at radius 1 is 1.46 bits per heavy atom. The zero-order valence-electron chi connectivity index (χ0n) is 15.7. The van der Waals surface area contributed by atoms with Crippen LogP contribution in [-0.4, -0.2) is 54.4 Å². The number of carbonyl (C=O) groups excluding carboxylic acids is 1. The molecule has 1 fully saturated rings. The molecule has 0 aromatic carbocycles. The maximum atomic E-state index is 12.0. The maximum absolute atomic E-state index is 12.0. The van der Waals surface area contributed by atoms with E-state index in [1.165, 1.54) is 0 Å². The minimum atomic E-state index is -1.08. The number of amides is 2. The summed E-state index contributed by atoms with van der Waals surface area (Å²) in [5.74, 6) is 0.443. The van der Waals surface area contributed by atoms with Gasteiger partial charge in [0.15, 0.2) is 11.5 Å². The number of aromatic nitrogens is 3. The predicted molar refractivity (Wildman–Crippen MR) is 105 cm³/mol. The maximum Gasteiger partial charge on any atom is 0.320 e. The number of fused-ring (bicyclic) bond motifs is 1. The summed E-state index contributed by atoms with van der Waals surface area (Å²) >= 11 is 0. The number of hydrogen-bond acceptors (Lipinski definition) is 5. The van der Waals surface area contributed by atoms with E-state index < -0.39 is 8.07 Å². The fourth-order valence-electron chi connectivity index (χ4n) is 2.78. The van der Waals surface area contributed by atoms with Gasteiger partial charge in [-0.3, -0.25) is 5.32 Å². The summed E-state index contributed by atoms with van der Waals surface area (Å²) in [7, 11) is -1.08. The molecule has 1 aliphatic heterocycles. The zero-order chi connectivity index (χ0) is 18.6. The highest BCUT2D eigenvalue weighted by Crippen LogP contribution is 2.14. The predicted octanol–water partition coefficient (Wildman–Crippen LogP) is 2.23. The highest BCUT2D eigenvalue weighted by atomic mass is 28.3. The van der Waals surface area contributed by atoms with Crippen LogP contribution in [-0.2, 0) is 11.5 Å². The van der Waals surface area contributed by atoms with Gasteiger partial charge in [-0.1, -0.05) is 19.6 Å². The number of carbonyl (C=O) groups is 1. The SMILES string of the molecule is C[Si](C)(C)CCOCn1ccc2nc(NC(=O)N[C@H]3CCNC3)cnc21. The number of anilines is 1. The van der Waals surface area contributed by atoms with Gasteiger partial charge in [-0.25, -0.2) is 14.8 Å². The Labute approximate surface area is 154 Å². The fraction of sp³-hybridized carbons (Fsp3) is 0.588. The van der Waals surface area contributed by atoms with Gasteiger partial charge in [0.2, 0.25) is 0 Å². The van der Waals surface area contributed by atoms with Crippen molar-refractivity contribution in [3.63, 3.8) is 0 Å². The molecule has 2 aromatic rings. The molecule has 0 unspecified atom stereocenters. The molecule has 0 spiro atoms. The van der Waals surface area contributed by atoms with Crippen molar-refractivity contribution >= 4 is 31.1 Å². The van der Waals surface area contributed by atoms with Crippen molar-refractivity contribution in [2.45, 2.75) is 44.9 Å². The van der Waals surface area contributed by atoms with Crippen LogP contribution in [0.25, 0.3) is 11.2 Å². The molecule has 0 aliphatic carbocycles. The Kier molecular flexibility index (Phi) is 5.89. The van der Waals surface area contributed by atoms with E-state index in [4.69, 9.17) is 4.74 Å². The van der Waals surface area contributed by atoms with Crippen molar-refractivity contribution in [1.82, 2.24) is 25.2 Å². The van der Waals surface area contributed by atoms with Crippen LogP contribution in [0.15, 0.2) is 18.5 Å². The molecule has 9 heteroatoms. The second-order valence-electron chi connectivity index (χ2n) is 7.89. The van der Waals surface area contributed by atoms with Gasteiger partial charge in [-0.05, 0) is 25.1 Å². The topological polar surface area (TPSA) is 93.1 Å². The lowest BCUT2D eigenvalue weighted by molar-refractivity contribution is 0.0899. The Morgan fingerprint density at radius 2 is 2.31 bits per heavy atom. The molecular weight excluding hydrogens is 348 g/mol. The van der Waals surface area contributed by atoms with Crippen LogP contribution in [0.3, 0.4) is 0 Å². The average molecular weight is 377 g/mol. The van der Waals surface area contributed by atoms with Crippen LogP contribution in [0, 0.1) is 0 Å². The third kappa shape index (κ3) is 5.26. The third-order valence-electron chi connectivity index (χ3n) is 4.33. The van der Waals surface area contributed by atoms with Gasteiger partial charge in [0.1, 0.15) is 12.2 Å². The summed E-state index contributed by atoms with van der Waals surface area (Å²) in [6, 6.07) is 2.94. The smallest absolute Gasteiger partial charge is 0.320 e. The molecule has 26 heavy (non-hydrogen) atoms. The van der Waals surface area contributed by atoms with Crippen LogP contribution in [0.5, 0.6) is 0 Å². The monoisotopic (exact) mass is 376 g/mol.